The van der Waals surface area contributed by atoms with Crippen molar-refractivity contribution >= 4 is 27.5 Å². The van der Waals surface area contributed by atoms with Crippen molar-refractivity contribution in [3.05, 3.63) is 102 Å². The minimum atomic E-state index is -3.53. The summed E-state index contributed by atoms with van der Waals surface area (Å²) >= 11 is 0. The molecule has 0 spiro atoms. The molecule has 1 atom stereocenters. The number of aryl methyl sites for hydroxylation is 1. The standard InChI is InChI=1S/C32H41N3O4S/c1-25(2)23-33-32(37)30(22-27-12-7-5-8-13-27)34(24-28-19-17-26(3)18-20-28)31(36)16-11-21-35(40(4,38)39)29-14-9-6-10-15-29/h5-10,12-15,17-20,25,30H,11,16,21-24H2,1-4H3,(H,33,37). The molecule has 0 radical (unpaired) electrons. The van der Waals surface area contributed by atoms with Crippen molar-refractivity contribution in [1.82, 2.24) is 10.2 Å². The molecule has 0 aromatic heterocycles. The van der Waals surface area contributed by atoms with E-state index in [0.29, 0.717) is 25.1 Å². The smallest absolute Gasteiger partial charge is 0.243 e. The van der Waals surface area contributed by atoms with E-state index >= 15 is 0 Å². The van der Waals surface area contributed by atoms with Crippen molar-refractivity contribution < 1.29 is 18.0 Å². The van der Waals surface area contributed by atoms with Crippen LogP contribution in [-0.2, 0) is 32.6 Å². The summed E-state index contributed by atoms with van der Waals surface area (Å²) in [6.07, 6.45) is 1.96. The van der Waals surface area contributed by atoms with Gasteiger partial charge in [0.25, 0.3) is 0 Å². The van der Waals surface area contributed by atoms with E-state index in [9.17, 15) is 18.0 Å². The second kappa shape index (κ2) is 14.7. The molecule has 2 amide bonds. The summed E-state index contributed by atoms with van der Waals surface area (Å²) in [5.41, 5.74) is 3.56. The summed E-state index contributed by atoms with van der Waals surface area (Å²) in [6, 6.07) is 25.8. The third-order valence-corrected chi connectivity index (χ3v) is 7.82. The van der Waals surface area contributed by atoms with Gasteiger partial charge in [-0.2, -0.15) is 0 Å². The van der Waals surface area contributed by atoms with Crippen molar-refractivity contribution in [2.45, 2.75) is 52.6 Å². The van der Waals surface area contributed by atoms with Gasteiger partial charge < -0.3 is 10.2 Å². The van der Waals surface area contributed by atoms with Gasteiger partial charge in [0.1, 0.15) is 6.04 Å². The van der Waals surface area contributed by atoms with Crippen LogP contribution in [0.4, 0.5) is 5.69 Å². The molecule has 3 rings (SSSR count). The van der Waals surface area contributed by atoms with Crippen molar-refractivity contribution in [2.24, 2.45) is 5.92 Å². The second-order valence-corrected chi connectivity index (χ2v) is 12.5. The van der Waals surface area contributed by atoms with E-state index < -0.39 is 16.1 Å². The number of nitrogens with one attached hydrogen (secondary N) is 1. The molecule has 3 aromatic carbocycles. The molecule has 1 N–H and O–H groups in total. The number of carbonyl (C=O) groups excluding carboxylic acids is 2. The number of benzene rings is 3. The molecule has 8 heteroatoms. The Bertz CT molecular complexity index is 1330. The minimum absolute atomic E-state index is 0.105. The van der Waals surface area contributed by atoms with Crippen molar-refractivity contribution in [2.75, 3.05) is 23.7 Å². The lowest BCUT2D eigenvalue weighted by Crippen LogP contribution is -2.51. The number of sulfonamides is 1. The fourth-order valence-corrected chi connectivity index (χ4v) is 5.43. The van der Waals surface area contributed by atoms with Gasteiger partial charge in [-0.05, 0) is 42.5 Å². The van der Waals surface area contributed by atoms with Crippen molar-refractivity contribution in [3.63, 3.8) is 0 Å². The number of amides is 2. The van der Waals surface area contributed by atoms with Crippen LogP contribution in [0.15, 0.2) is 84.9 Å². The van der Waals surface area contributed by atoms with Crippen LogP contribution in [0.3, 0.4) is 0 Å². The lowest BCUT2D eigenvalue weighted by atomic mass is 10.0. The SMILES string of the molecule is Cc1ccc(CN(C(=O)CCCN(c2ccccc2)S(C)(=O)=O)C(Cc2ccccc2)C(=O)NCC(C)C)cc1. The van der Waals surface area contributed by atoms with Gasteiger partial charge >= 0.3 is 0 Å². The number of hydrogen-bond donors (Lipinski definition) is 1. The molecular weight excluding hydrogens is 522 g/mol. The Kier molecular flexibility index (Phi) is 11.3. The largest absolute Gasteiger partial charge is 0.354 e. The van der Waals surface area contributed by atoms with Crippen LogP contribution >= 0.6 is 0 Å². The van der Waals surface area contributed by atoms with E-state index in [1.807, 2.05) is 81.4 Å². The summed E-state index contributed by atoms with van der Waals surface area (Å²) in [4.78, 5) is 29.0. The number of anilines is 1. The predicted molar refractivity (Wildman–Crippen MR) is 161 cm³/mol. The van der Waals surface area contributed by atoms with E-state index in [4.69, 9.17) is 0 Å². The van der Waals surface area contributed by atoms with Crippen LogP contribution in [0, 0.1) is 12.8 Å². The normalized spacial score (nSPS) is 12.1. The molecule has 0 heterocycles. The summed E-state index contributed by atoms with van der Waals surface area (Å²) < 4.78 is 26.4. The molecule has 0 saturated heterocycles. The quantitative estimate of drug-likeness (QED) is 0.301. The average Bonchev–Trinajstić information content (AvgIpc) is 2.93. The molecule has 214 valence electrons. The van der Waals surface area contributed by atoms with E-state index in [0.717, 1.165) is 16.7 Å². The Balaban J connectivity index is 1.86. The monoisotopic (exact) mass is 563 g/mol. The first kappa shape index (κ1) is 30.9. The average molecular weight is 564 g/mol. The van der Waals surface area contributed by atoms with Crippen LogP contribution in [-0.4, -0.2) is 50.5 Å². The van der Waals surface area contributed by atoms with Gasteiger partial charge in [-0.3, -0.25) is 13.9 Å². The van der Waals surface area contributed by atoms with E-state index in [1.165, 1.54) is 10.6 Å². The molecular formula is C32H41N3O4S. The maximum atomic E-state index is 13.8. The number of nitrogens with zero attached hydrogens (tertiary/aromatic N) is 2. The van der Waals surface area contributed by atoms with Crippen LogP contribution in [0.1, 0.15) is 43.4 Å². The Hall–Kier alpha value is -3.65. The van der Waals surface area contributed by atoms with E-state index in [1.54, 1.807) is 29.2 Å². The van der Waals surface area contributed by atoms with Gasteiger partial charge in [-0.25, -0.2) is 8.42 Å². The topological polar surface area (TPSA) is 86.8 Å². The summed E-state index contributed by atoms with van der Waals surface area (Å²) in [7, 11) is -3.53. The first-order chi connectivity index (χ1) is 19.0. The van der Waals surface area contributed by atoms with Crippen LogP contribution in [0.25, 0.3) is 0 Å². The molecule has 0 fully saturated rings. The summed E-state index contributed by atoms with van der Waals surface area (Å²) in [6.45, 7) is 7.02. The lowest BCUT2D eigenvalue weighted by Gasteiger charge is -2.32. The maximum Gasteiger partial charge on any atom is 0.243 e. The third kappa shape index (κ3) is 9.52. The third-order valence-electron chi connectivity index (χ3n) is 6.63. The molecule has 0 aliphatic rings. The molecule has 1 unspecified atom stereocenters. The number of para-hydroxylation sites is 1. The van der Waals surface area contributed by atoms with Gasteiger partial charge in [0.2, 0.25) is 21.8 Å². The summed E-state index contributed by atoms with van der Waals surface area (Å²) in [5.74, 6) is -0.120. The first-order valence-corrected chi connectivity index (χ1v) is 15.6. The fourth-order valence-electron chi connectivity index (χ4n) is 4.46. The highest BCUT2D eigenvalue weighted by molar-refractivity contribution is 7.92. The van der Waals surface area contributed by atoms with Crippen LogP contribution < -0.4 is 9.62 Å². The molecule has 0 saturated carbocycles. The molecule has 0 bridgehead atoms. The number of carbonyl (C=O) groups is 2. The van der Waals surface area contributed by atoms with E-state index in [-0.39, 0.29) is 37.2 Å². The highest BCUT2D eigenvalue weighted by atomic mass is 32.2. The molecule has 0 aliphatic heterocycles. The lowest BCUT2D eigenvalue weighted by molar-refractivity contribution is -0.141. The Morgan fingerprint density at radius 2 is 1.45 bits per heavy atom. The number of rotatable bonds is 14. The Morgan fingerprint density at radius 1 is 0.850 bits per heavy atom. The number of hydrogen-bond acceptors (Lipinski definition) is 4. The minimum Gasteiger partial charge on any atom is -0.354 e. The zero-order chi connectivity index (χ0) is 29.1. The van der Waals surface area contributed by atoms with E-state index in [2.05, 4.69) is 5.32 Å². The zero-order valence-corrected chi connectivity index (χ0v) is 24.7. The molecule has 0 aliphatic carbocycles. The van der Waals surface area contributed by atoms with Gasteiger partial charge in [0, 0.05) is 32.5 Å². The second-order valence-electron chi connectivity index (χ2n) is 10.6. The maximum absolute atomic E-state index is 13.8. The fraction of sp³-hybridized carbons (Fsp3) is 0.375. The molecule has 7 nitrogen and oxygen atoms in total. The van der Waals surface area contributed by atoms with Gasteiger partial charge in [0.05, 0.1) is 11.9 Å². The summed E-state index contributed by atoms with van der Waals surface area (Å²) in [5, 5.41) is 3.03. The van der Waals surface area contributed by atoms with Gasteiger partial charge in [-0.1, -0.05) is 92.2 Å². The Labute approximate surface area is 239 Å². The molecule has 40 heavy (non-hydrogen) atoms. The zero-order valence-electron chi connectivity index (χ0n) is 23.9. The van der Waals surface area contributed by atoms with Gasteiger partial charge in [0.15, 0.2) is 0 Å². The predicted octanol–water partition coefficient (Wildman–Crippen LogP) is 4.95. The highest BCUT2D eigenvalue weighted by Crippen LogP contribution is 2.20. The van der Waals surface area contributed by atoms with Crippen LogP contribution in [0.5, 0.6) is 0 Å². The van der Waals surface area contributed by atoms with Crippen LogP contribution in [0.2, 0.25) is 0 Å². The Morgan fingerprint density at radius 3 is 2.02 bits per heavy atom. The van der Waals surface area contributed by atoms with Gasteiger partial charge in [-0.15, -0.1) is 0 Å². The first-order valence-electron chi connectivity index (χ1n) is 13.7. The molecule has 3 aromatic rings. The van der Waals surface area contributed by atoms with Crippen molar-refractivity contribution in [3.8, 4) is 0 Å². The highest BCUT2D eigenvalue weighted by Gasteiger charge is 2.30. The van der Waals surface area contributed by atoms with Crippen molar-refractivity contribution in [1.29, 1.82) is 0 Å².